The van der Waals surface area contributed by atoms with Crippen molar-refractivity contribution in [2.75, 3.05) is 18.4 Å². The third kappa shape index (κ3) is 3.78. The average Bonchev–Trinajstić information content (AvgIpc) is 3.05. The third-order valence-corrected chi connectivity index (χ3v) is 4.25. The number of nitrogens with one attached hydrogen (secondary N) is 1. The fourth-order valence-corrected chi connectivity index (χ4v) is 3.01. The van der Waals surface area contributed by atoms with Crippen LogP contribution < -0.4 is 5.32 Å². The van der Waals surface area contributed by atoms with E-state index in [2.05, 4.69) is 22.3 Å². The third-order valence-electron chi connectivity index (χ3n) is 4.25. The van der Waals surface area contributed by atoms with E-state index in [0.717, 1.165) is 19.5 Å². The van der Waals surface area contributed by atoms with Gasteiger partial charge in [-0.25, -0.2) is 0 Å². The van der Waals surface area contributed by atoms with Crippen molar-refractivity contribution in [3.8, 4) is 0 Å². The maximum absolute atomic E-state index is 12.4. The molecule has 0 saturated carbocycles. The average molecular weight is 325 g/mol. The SMILES string of the molecule is O=C(Nc1ccccc1[N+](=O)[O-])C1CCN(Cc2ccccc2)C1. The number of rotatable bonds is 5. The Morgan fingerprint density at radius 1 is 1.17 bits per heavy atom. The number of carbonyl (C=O) groups excluding carboxylic acids is 1. The van der Waals surface area contributed by atoms with E-state index in [4.69, 9.17) is 0 Å². The predicted octanol–water partition coefficient (Wildman–Crippen LogP) is 3.06. The number of para-hydroxylation sites is 2. The molecule has 1 heterocycles. The number of hydrogen-bond donors (Lipinski definition) is 1. The first kappa shape index (κ1) is 16.1. The van der Waals surface area contributed by atoms with Gasteiger partial charge in [-0.2, -0.15) is 0 Å². The van der Waals surface area contributed by atoms with Crippen LogP contribution in [-0.4, -0.2) is 28.8 Å². The number of carbonyl (C=O) groups is 1. The summed E-state index contributed by atoms with van der Waals surface area (Å²) in [5.74, 6) is -0.298. The van der Waals surface area contributed by atoms with E-state index in [0.29, 0.717) is 6.54 Å². The Labute approximate surface area is 140 Å². The molecule has 6 heteroatoms. The Morgan fingerprint density at radius 2 is 1.88 bits per heavy atom. The molecule has 1 unspecified atom stereocenters. The van der Waals surface area contributed by atoms with Crippen LogP contribution in [0.5, 0.6) is 0 Å². The highest BCUT2D eigenvalue weighted by Gasteiger charge is 2.29. The molecular formula is C18H19N3O3. The van der Waals surface area contributed by atoms with E-state index in [9.17, 15) is 14.9 Å². The van der Waals surface area contributed by atoms with Crippen molar-refractivity contribution >= 4 is 17.3 Å². The van der Waals surface area contributed by atoms with Crippen molar-refractivity contribution in [2.24, 2.45) is 5.92 Å². The van der Waals surface area contributed by atoms with Crippen molar-refractivity contribution in [1.82, 2.24) is 4.90 Å². The normalized spacial score (nSPS) is 17.6. The highest BCUT2D eigenvalue weighted by atomic mass is 16.6. The van der Waals surface area contributed by atoms with E-state index < -0.39 is 4.92 Å². The second kappa shape index (κ2) is 7.23. The summed E-state index contributed by atoms with van der Waals surface area (Å²) in [5.41, 5.74) is 1.40. The van der Waals surface area contributed by atoms with E-state index in [-0.39, 0.29) is 23.2 Å². The molecule has 0 bridgehead atoms. The summed E-state index contributed by atoms with van der Waals surface area (Å²) >= 11 is 0. The number of amides is 1. The van der Waals surface area contributed by atoms with Crippen molar-refractivity contribution in [3.05, 3.63) is 70.3 Å². The van der Waals surface area contributed by atoms with Gasteiger partial charge in [0.15, 0.2) is 0 Å². The van der Waals surface area contributed by atoms with Gasteiger partial charge < -0.3 is 5.32 Å². The Kier molecular flexibility index (Phi) is 4.86. The second-order valence-electron chi connectivity index (χ2n) is 5.97. The first-order valence-corrected chi connectivity index (χ1v) is 7.94. The van der Waals surface area contributed by atoms with E-state index in [1.54, 1.807) is 18.2 Å². The predicted molar refractivity (Wildman–Crippen MR) is 91.6 cm³/mol. The minimum atomic E-state index is -0.480. The molecular weight excluding hydrogens is 306 g/mol. The molecule has 1 saturated heterocycles. The lowest BCUT2D eigenvalue weighted by atomic mass is 10.1. The number of anilines is 1. The summed E-state index contributed by atoms with van der Waals surface area (Å²) in [6.07, 6.45) is 0.763. The molecule has 1 fully saturated rings. The van der Waals surface area contributed by atoms with Crippen LogP contribution in [0.4, 0.5) is 11.4 Å². The first-order valence-electron chi connectivity index (χ1n) is 7.94. The summed E-state index contributed by atoms with van der Waals surface area (Å²) in [5, 5.41) is 13.7. The van der Waals surface area contributed by atoms with Crippen molar-refractivity contribution < 1.29 is 9.72 Å². The van der Waals surface area contributed by atoms with Gasteiger partial charge in [-0.05, 0) is 24.6 Å². The minimum absolute atomic E-state index is 0.0787. The summed E-state index contributed by atoms with van der Waals surface area (Å²) in [7, 11) is 0. The van der Waals surface area contributed by atoms with E-state index in [1.165, 1.54) is 11.6 Å². The maximum atomic E-state index is 12.4. The highest BCUT2D eigenvalue weighted by molar-refractivity contribution is 5.94. The summed E-state index contributed by atoms with van der Waals surface area (Å²) < 4.78 is 0. The zero-order chi connectivity index (χ0) is 16.9. The fourth-order valence-electron chi connectivity index (χ4n) is 3.01. The van der Waals surface area contributed by atoms with Gasteiger partial charge in [-0.3, -0.25) is 19.8 Å². The zero-order valence-electron chi connectivity index (χ0n) is 13.2. The van der Waals surface area contributed by atoms with E-state index >= 15 is 0 Å². The fraction of sp³-hybridized carbons (Fsp3) is 0.278. The summed E-state index contributed by atoms with van der Waals surface area (Å²) in [6.45, 7) is 2.33. The van der Waals surface area contributed by atoms with Gasteiger partial charge in [-0.15, -0.1) is 0 Å². The van der Waals surface area contributed by atoms with Crippen LogP contribution in [0.3, 0.4) is 0 Å². The Morgan fingerprint density at radius 3 is 2.62 bits per heavy atom. The van der Waals surface area contributed by atoms with Crippen molar-refractivity contribution in [1.29, 1.82) is 0 Å². The molecule has 0 aromatic heterocycles. The Bertz CT molecular complexity index is 733. The molecule has 3 rings (SSSR count). The molecule has 2 aromatic carbocycles. The minimum Gasteiger partial charge on any atom is -0.320 e. The molecule has 1 atom stereocenters. The van der Waals surface area contributed by atoms with Crippen LogP contribution in [-0.2, 0) is 11.3 Å². The molecule has 6 nitrogen and oxygen atoms in total. The lowest BCUT2D eigenvalue weighted by Crippen LogP contribution is -2.27. The lowest BCUT2D eigenvalue weighted by Gasteiger charge is -2.16. The smallest absolute Gasteiger partial charge is 0.292 e. The molecule has 1 aliphatic rings. The van der Waals surface area contributed by atoms with Gasteiger partial charge >= 0.3 is 0 Å². The lowest BCUT2D eigenvalue weighted by molar-refractivity contribution is -0.383. The van der Waals surface area contributed by atoms with Crippen LogP contribution in [0.2, 0.25) is 0 Å². The zero-order valence-corrected chi connectivity index (χ0v) is 13.2. The topological polar surface area (TPSA) is 75.5 Å². The van der Waals surface area contributed by atoms with Gasteiger partial charge in [0.05, 0.1) is 10.8 Å². The molecule has 124 valence electrons. The van der Waals surface area contributed by atoms with Crippen molar-refractivity contribution in [3.63, 3.8) is 0 Å². The molecule has 1 N–H and O–H groups in total. The first-order chi connectivity index (χ1) is 11.6. The highest BCUT2D eigenvalue weighted by Crippen LogP contribution is 2.26. The van der Waals surface area contributed by atoms with Crippen molar-refractivity contribution in [2.45, 2.75) is 13.0 Å². The number of likely N-dealkylation sites (tertiary alicyclic amines) is 1. The van der Waals surface area contributed by atoms with Crippen LogP contribution in [0.15, 0.2) is 54.6 Å². The van der Waals surface area contributed by atoms with Crippen LogP contribution >= 0.6 is 0 Å². The maximum Gasteiger partial charge on any atom is 0.292 e. The molecule has 0 radical (unpaired) electrons. The molecule has 24 heavy (non-hydrogen) atoms. The summed E-state index contributed by atoms with van der Waals surface area (Å²) in [4.78, 5) is 25.2. The molecule has 0 spiro atoms. The van der Waals surface area contributed by atoms with Crippen LogP contribution in [0.1, 0.15) is 12.0 Å². The molecule has 0 aliphatic carbocycles. The largest absolute Gasteiger partial charge is 0.320 e. The number of benzene rings is 2. The van der Waals surface area contributed by atoms with E-state index in [1.807, 2.05) is 18.2 Å². The van der Waals surface area contributed by atoms with Gasteiger partial charge in [0.1, 0.15) is 5.69 Å². The Balaban J connectivity index is 1.60. The number of hydrogen-bond acceptors (Lipinski definition) is 4. The van der Waals surface area contributed by atoms with Gasteiger partial charge in [-0.1, -0.05) is 42.5 Å². The number of nitro groups is 1. The summed E-state index contributed by atoms with van der Waals surface area (Å²) in [6, 6.07) is 16.4. The Hall–Kier alpha value is -2.73. The monoisotopic (exact) mass is 325 g/mol. The molecule has 2 aromatic rings. The number of nitrogens with zero attached hydrogens (tertiary/aromatic N) is 2. The second-order valence-corrected chi connectivity index (χ2v) is 5.97. The molecule has 1 aliphatic heterocycles. The van der Waals surface area contributed by atoms with Gasteiger partial charge in [0, 0.05) is 19.2 Å². The van der Waals surface area contributed by atoms with Gasteiger partial charge in [0.25, 0.3) is 5.69 Å². The number of nitro benzene ring substituents is 1. The van der Waals surface area contributed by atoms with Crippen LogP contribution in [0, 0.1) is 16.0 Å². The quantitative estimate of drug-likeness (QED) is 0.677. The van der Waals surface area contributed by atoms with Crippen LogP contribution in [0.25, 0.3) is 0 Å². The standard InChI is InChI=1S/C18H19N3O3/c22-18(19-16-8-4-5-9-17(16)21(23)24)15-10-11-20(13-15)12-14-6-2-1-3-7-14/h1-9,15H,10-13H2,(H,19,22). The van der Waals surface area contributed by atoms with Gasteiger partial charge in [0.2, 0.25) is 5.91 Å². The molecule has 1 amide bonds.